The van der Waals surface area contributed by atoms with Gasteiger partial charge in [-0.05, 0) is 60.0 Å². The quantitative estimate of drug-likeness (QED) is 0.248. The van der Waals surface area contributed by atoms with Crippen LogP contribution in [0, 0.1) is 13.8 Å². The molecule has 0 bridgehead atoms. The summed E-state index contributed by atoms with van der Waals surface area (Å²) in [6.45, 7) is 4.18. The number of fused-ring (bicyclic) bond motifs is 4. The molecular weight excluding hydrogens is 473 g/mol. The molecule has 154 valence electrons. The molecule has 0 N–H and O–H groups in total. The number of thiophene rings is 2. The molecule has 0 unspecified atom stereocenters. The molecule has 0 atom stereocenters. The van der Waals surface area contributed by atoms with Crippen molar-refractivity contribution in [1.82, 2.24) is 17.5 Å². The Hall–Kier alpha value is -2.78. The minimum atomic E-state index is 1.01. The van der Waals surface area contributed by atoms with Crippen LogP contribution in [0.2, 0.25) is 0 Å². The lowest BCUT2D eigenvalue weighted by molar-refractivity contribution is 1.48. The zero-order valence-corrected chi connectivity index (χ0v) is 20.3. The lowest BCUT2D eigenvalue weighted by Crippen LogP contribution is -1.81. The molecule has 0 amide bonds. The van der Waals surface area contributed by atoms with Gasteiger partial charge in [0.1, 0.15) is 22.1 Å². The minimum Gasteiger partial charge on any atom is -0.173 e. The summed E-state index contributed by atoms with van der Waals surface area (Å²) in [6, 6.07) is 17.8. The number of aromatic nitrogens is 4. The summed E-state index contributed by atoms with van der Waals surface area (Å²) < 4.78 is 20.7. The Balaban J connectivity index is 1.38. The van der Waals surface area contributed by atoms with Gasteiger partial charge in [-0.15, -0.1) is 22.7 Å². The van der Waals surface area contributed by atoms with E-state index >= 15 is 0 Å². The van der Waals surface area contributed by atoms with Crippen molar-refractivity contribution in [1.29, 1.82) is 0 Å². The Kier molecular flexibility index (Phi) is 4.02. The fraction of sp³-hybridized carbons (Fsp3) is 0.0833. The van der Waals surface area contributed by atoms with Gasteiger partial charge >= 0.3 is 0 Å². The molecule has 0 radical (unpaired) electrons. The molecule has 0 aliphatic carbocycles. The Morgan fingerprint density at radius 2 is 0.969 bits per heavy atom. The van der Waals surface area contributed by atoms with Gasteiger partial charge in [-0.25, -0.2) is 0 Å². The topological polar surface area (TPSA) is 51.6 Å². The van der Waals surface area contributed by atoms with E-state index in [1.54, 1.807) is 0 Å². The molecule has 8 heteroatoms. The fourth-order valence-electron chi connectivity index (χ4n) is 4.22. The molecule has 4 aromatic heterocycles. The van der Waals surface area contributed by atoms with E-state index in [0.29, 0.717) is 0 Å². The van der Waals surface area contributed by atoms with Gasteiger partial charge in [-0.3, -0.25) is 0 Å². The van der Waals surface area contributed by atoms with Gasteiger partial charge in [0.25, 0.3) is 0 Å². The smallest absolute Gasteiger partial charge is 0.113 e. The number of hydrogen-bond acceptors (Lipinski definition) is 8. The molecule has 3 aromatic carbocycles. The molecule has 7 rings (SSSR count). The van der Waals surface area contributed by atoms with Crippen LogP contribution in [0.3, 0.4) is 0 Å². The highest BCUT2D eigenvalue weighted by molar-refractivity contribution is 7.24. The van der Waals surface area contributed by atoms with E-state index < -0.39 is 0 Å². The van der Waals surface area contributed by atoms with Crippen molar-refractivity contribution < 1.29 is 0 Å². The number of hydrogen-bond donors (Lipinski definition) is 0. The summed E-state index contributed by atoms with van der Waals surface area (Å²) in [5.41, 5.74) is 8.72. The van der Waals surface area contributed by atoms with Crippen molar-refractivity contribution in [2.24, 2.45) is 0 Å². The van der Waals surface area contributed by atoms with E-state index in [4.69, 9.17) is 0 Å². The first-order valence-electron chi connectivity index (χ1n) is 10.1. The lowest BCUT2D eigenvalue weighted by Gasteiger charge is -2.00. The van der Waals surface area contributed by atoms with E-state index in [1.165, 1.54) is 75.6 Å². The van der Waals surface area contributed by atoms with Crippen molar-refractivity contribution in [2.45, 2.75) is 13.8 Å². The van der Waals surface area contributed by atoms with Crippen LogP contribution in [0.1, 0.15) is 11.1 Å². The summed E-state index contributed by atoms with van der Waals surface area (Å²) in [7, 11) is 0. The Morgan fingerprint density at radius 1 is 0.531 bits per heavy atom. The van der Waals surface area contributed by atoms with Crippen LogP contribution in [0.5, 0.6) is 0 Å². The molecular formula is C24H14N4S4. The maximum Gasteiger partial charge on any atom is 0.113 e. The second-order valence-electron chi connectivity index (χ2n) is 7.93. The lowest BCUT2D eigenvalue weighted by atomic mass is 10.1. The van der Waals surface area contributed by atoms with Gasteiger partial charge in [0, 0.05) is 30.3 Å². The summed E-state index contributed by atoms with van der Waals surface area (Å²) >= 11 is 6.21. The van der Waals surface area contributed by atoms with Gasteiger partial charge in [0.15, 0.2) is 0 Å². The largest absolute Gasteiger partial charge is 0.173 e. The molecule has 0 fully saturated rings. The van der Waals surface area contributed by atoms with Gasteiger partial charge in [-0.1, -0.05) is 24.3 Å². The van der Waals surface area contributed by atoms with Crippen molar-refractivity contribution in [3.63, 3.8) is 0 Å². The van der Waals surface area contributed by atoms with E-state index in [9.17, 15) is 0 Å². The van der Waals surface area contributed by atoms with Crippen LogP contribution in [-0.4, -0.2) is 17.5 Å². The van der Waals surface area contributed by atoms with Gasteiger partial charge < -0.3 is 0 Å². The van der Waals surface area contributed by atoms with Crippen LogP contribution >= 0.6 is 46.1 Å². The molecule has 4 heterocycles. The fourth-order valence-corrected chi connectivity index (χ4v) is 7.69. The monoisotopic (exact) mass is 486 g/mol. The molecule has 7 aromatic rings. The summed E-state index contributed by atoms with van der Waals surface area (Å²) in [4.78, 5) is 2.48. The van der Waals surface area contributed by atoms with Crippen molar-refractivity contribution in [2.75, 3.05) is 0 Å². The third-order valence-corrected chi connectivity index (χ3v) is 9.24. The Morgan fingerprint density at radius 3 is 1.44 bits per heavy atom. The number of aryl methyl sites for hydroxylation is 2. The van der Waals surface area contributed by atoms with E-state index in [1.807, 2.05) is 22.7 Å². The van der Waals surface area contributed by atoms with Crippen LogP contribution in [-0.2, 0) is 0 Å². The molecule has 0 spiro atoms. The first kappa shape index (κ1) is 18.8. The molecule has 0 aliphatic heterocycles. The second-order valence-corrected chi connectivity index (χ2v) is 11.2. The normalized spacial score (nSPS) is 12.1. The van der Waals surface area contributed by atoms with Crippen molar-refractivity contribution >= 4 is 88.4 Å². The summed E-state index contributed by atoms with van der Waals surface area (Å²) in [5, 5.41) is 2.54. The van der Waals surface area contributed by atoms with E-state index in [-0.39, 0.29) is 0 Å². The predicted molar refractivity (Wildman–Crippen MR) is 139 cm³/mol. The molecule has 32 heavy (non-hydrogen) atoms. The predicted octanol–water partition coefficient (Wildman–Crippen LogP) is 8.08. The van der Waals surface area contributed by atoms with Gasteiger partial charge in [0.2, 0.25) is 0 Å². The SMILES string of the molecule is Cc1ccc(-c2cc3cc4sc(-c5ccc(C)c6nsnc56)cc4cc3s2)c2nsnc12. The van der Waals surface area contributed by atoms with Gasteiger partial charge in [0.05, 0.1) is 23.5 Å². The number of benzene rings is 3. The Labute approximate surface area is 199 Å². The Bertz CT molecular complexity index is 1640. The number of nitrogens with zero attached hydrogens (tertiary/aromatic N) is 4. The maximum atomic E-state index is 4.57. The van der Waals surface area contributed by atoms with Crippen LogP contribution in [0.25, 0.3) is 63.1 Å². The molecule has 4 nitrogen and oxygen atoms in total. The average molecular weight is 487 g/mol. The highest BCUT2D eigenvalue weighted by Gasteiger charge is 2.15. The summed E-state index contributed by atoms with van der Waals surface area (Å²) in [5.74, 6) is 0. The van der Waals surface area contributed by atoms with E-state index in [0.717, 1.165) is 22.1 Å². The average Bonchev–Trinajstić information content (AvgIpc) is 3.56. The standard InChI is InChI=1S/C24H14N4S4/c1-11-3-5-15(23-21(11)25-31-27-23)19-9-13-7-18-14(8-17(13)29-19)10-20(30-18)16-6-4-12(2)22-24(16)28-32-26-22/h3-10H,1-2H3. The zero-order chi connectivity index (χ0) is 21.4. The second kappa shape index (κ2) is 6.86. The van der Waals surface area contributed by atoms with Crippen LogP contribution in [0.4, 0.5) is 0 Å². The van der Waals surface area contributed by atoms with Crippen LogP contribution < -0.4 is 0 Å². The van der Waals surface area contributed by atoms with E-state index in [2.05, 4.69) is 79.9 Å². The first-order valence-corrected chi connectivity index (χ1v) is 13.2. The third-order valence-electron chi connectivity index (χ3n) is 5.92. The molecule has 0 aliphatic rings. The van der Waals surface area contributed by atoms with Gasteiger partial charge in [-0.2, -0.15) is 17.5 Å². The first-order chi connectivity index (χ1) is 15.7. The minimum absolute atomic E-state index is 1.01. The van der Waals surface area contributed by atoms with Crippen molar-refractivity contribution in [3.05, 3.63) is 59.7 Å². The van der Waals surface area contributed by atoms with Crippen molar-refractivity contribution in [3.8, 4) is 20.9 Å². The molecule has 0 saturated heterocycles. The third kappa shape index (κ3) is 2.70. The molecule has 0 saturated carbocycles. The summed E-state index contributed by atoms with van der Waals surface area (Å²) in [6.07, 6.45) is 0. The van der Waals surface area contributed by atoms with Crippen LogP contribution in [0.15, 0.2) is 48.5 Å². The number of rotatable bonds is 2. The maximum absolute atomic E-state index is 4.57. The zero-order valence-electron chi connectivity index (χ0n) is 17.0. The highest BCUT2D eigenvalue weighted by Crippen LogP contribution is 2.42. The highest BCUT2D eigenvalue weighted by atomic mass is 32.1.